The quantitative estimate of drug-likeness (QED) is 0.686. The number of nitrogens with zero attached hydrogens (tertiary/aromatic N) is 2. The first-order valence-corrected chi connectivity index (χ1v) is 8.97. The summed E-state index contributed by atoms with van der Waals surface area (Å²) in [6, 6.07) is 8.31. The van der Waals surface area contributed by atoms with Gasteiger partial charge >= 0.3 is 0 Å². The number of carbonyl (C=O) groups is 2. The Morgan fingerprint density at radius 2 is 2.00 bits per heavy atom. The van der Waals surface area contributed by atoms with Crippen LogP contribution in [-0.4, -0.2) is 22.0 Å². The number of aryl methyl sites for hydroxylation is 2. The Bertz CT molecular complexity index is 918. The van der Waals surface area contributed by atoms with E-state index in [2.05, 4.69) is 27.8 Å². The second kappa shape index (κ2) is 7.92. The monoisotopic (exact) mass is 370 g/mol. The molecule has 0 aliphatic rings. The first kappa shape index (κ1) is 17.8. The van der Waals surface area contributed by atoms with Gasteiger partial charge in [0.15, 0.2) is 5.76 Å². The second-order valence-corrected chi connectivity index (χ2v) is 6.73. The molecule has 0 saturated carbocycles. The van der Waals surface area contributed by atoms with Crippen molar-refractivity contribution < 1.29 is 14.0 Å². The topological polar surface area (TPSA) is 97.1 Å². The molecule has 0 atom stereocenters. The summed E-state index contributed by atoms with van der Waals surface area (Å²) in [4.78, 5) is 24.6. The Morgan fingerprint density at radius 1 is 1.15 bits per heavy atom. The molecular weight excluding hydrogens is 352 g/mol. The summed E-state index contributed by atoms with van der Waals surface area (Å²) in [6.07, 6.45) is 3.24. The van der Waals surface area contributed by atoms with Crippen molar-refractivity contribution in [2.24, 2.45) is 0 Å². The third-order valence-corrected chi connectivity index (χ3v) is 4.54. The van der Waals surface area contributed by atoms with E-state index in [0.717, 1.165) is 23.4 Å². The van der Waals surface area contributed by atoms with Crippen molar-refractivity contribution in [3.8, 4) is 0 Å². The lowest BCUT2D eigenvalue weighted by Gasteiger charge is -2.09. The zero-order valence-electron chi connectivity index (χ0n) is 14.4. The molecule has 26 heavy (non-hydrogen) atoms. The minimum absolute atomic E-state index is 0.205. The van der Waals surface area contributed by atoms with Gasteiger partial charge in [-0.2, -0.15) is 0 Å². The Labute approximate surface area is 154 Å². The second-order valence-electron chi connectivity index (χ2n) is 5.67. The van der Waals surface area contributed by atoms with Gasteiger partial charge in [0.25, 0.3) is 11.8 Å². The van der Waals surface area contributed by atoms with Crippen LogP contribution in [0.5, 0.6) is 0 Å². The van der Waals surface area contributed by atoms with Crippen LogP contribution in [0.25, 0.3) is 0 Å². The molecule has 2 N–H and O–H groups in total. The highest BCUT2D eigenvalue weighted by Gasteiger charge is 2.14. The summed E-state index contributed by atoms with van der Waals surface area (Å²) in [5.74, 6) is -0.474. The largest absolute Gasteiger partial charge is 0.459 e. The number of rotatable bonds is 6. The summed E-state index contributed by atoms with van der Waals surface area (Å²) in [6.45, 7) is 3.91. The molecule has 0 radical (unpaired) electrons. The summed E-state index contributed by atoms with van der Waals surface area (Å²) in [5, 5.41) is 14.9. The van der Waals surface area contributed by atoms with Gasteiger partial charge < -0.3 is 9.73 Å². The van der Waals surface area contributed by atoms with Gasteiger partial charge in [0, 0.05) is 17.7 Å². The molecule has 2 aromatic heterocycles. The molecule has 7 nitrogen and oxygen atoms in total. The summed E-state index contributed by atoms with van der Waals surface area (Å²) in [7, 11) is 0. The fraction of sp³-hybridized carbons (Fsp3) is 0.222. The third-order valence-electron chi connectivity index (χ3n) is 3.64. The molecule has 1 aromatic carbocycles. The predicted octanol–water partition coefficient (Wildman–Crippen LogP) is 3.90. The molecule has 134 valence electrons. The average Bonchev–Trinajstić information content (AvgIpc) is 3.29. The van der Waals surface area contributed by atoms with Crippen molar-refractivity contribution in [2.75, 3.05) is 10.6 Å². The van der Waals surface area contributed by atoms with E-state index >= 15 is 0 Å². The molecule has 2 amide bonds. The number of aromatic nitrogens is 2. The van der Waals surface area contributed by atoms with Crippen molar-refractivity contribution >= 4 is 34.0 Å². The van der Waals surface area contributed by atoms with Crippen LogP contribution >= 0.6 is 11.3 Å². The first-order valence-electron chi connectivity index (χ1n) is 8.16. The molecule has 8 heteroatoms. The molecule has 0 aliphatic carbocycles. The smallest absolute Gasteiger partial charge is 0.291 e. The van der Waals surface area contributed by atoms with E-state index in [9.17, 15) is 9.59 Å². The van der Waals surface area contributed by atoms with Crippen LogP contribution in [0, 0.1) is 6.92 Å². The predicted molar refractivity (Wildman–Crippen MR) is 99.7 cm³/mol. The van der Waals surface area contributed by atoms with Gasteiger partial charge in [-0.3, -0.25) is 14.9 Å². The number of hydrogen-bond acceptors (Lipinski definition) is 6. The summed E-state index contributed by atoms with van der Waals surface area (Å²) >= 11 is 1.36. The molecule has 0 fully saturated rings. The van der Waals surface area contributed by atoms with Crippen LogP contribution < -0.4 is 10.6 Å². The fourth-order valence-corrected chi connectivity index (χ4v) is 3.11. The molecule has 0 unspecified atom stereocenters. The zero-order valence-corrected chi connectivity index (χ0v) is 15.2. The molecule has 0 saturated heterocycles. The van der Waals surface area contributed by atoms with Crippen LogP contribution in [-0.2, 0) is 6.42 Å². The van der Waals surface area contributed by atoms with E-state index in [1.54, 1.807) is 30.3 Å². The number of amides is 2. The fourth-order valence-electron chi connectivity index (χ4n) is 2.28. The highest BCUT2D eigenvalue weighted by atomic mass is 32.1. The maximum atomic E-state index is 12.5. The van der Waals surface area contributed by atoms with Gasteiger partial charge in [0.05, 0.1) is 6.26 Å². The maximum Gasteiger partial charge on any atom is 0.291 e. The third kappa shape index (κ3) is 4.15. The van der Waals surface area contributed by atoms with Crippen molar-refractivity contribution in [1.82, 2.24) is 10.2 Å². The van der Waals surface area contributed by atoms with E-state index in [-0.39, 0.29) is 17.6 Å². The summed E-state index contributed by atoms with van der Waals surface area (Å²) < 4.78 is 5.08. The lowest BCUT2D eigenvalue weighted by atomic mass is 10.1. The average molecular weight is 370 g/mol. The van der Waals surface area contributed by atoms with E-state index in [4.69, 9.17) is 4.42 Å². The van der Waals surface area contributed by atoms with E-state index in [1.165, 1.54) is 17.6 Å². The number of carbonyl (C=O) groups excluding carboxylic acids is 2. The molecular formula is C18H18N4O3S. The number of hydrogen-bond donors (Lipinski definition) is 2. The van der Waals surface area contributed by atoms with E-state index in [0.29, 0.717) is 16.4 Å². The Morgan fingerprint density at radius 3 is 2.73 bits per heavy atom. The number of furan rings is 1. The van der Waals surface area contributed by atoms with Gasteiger partial charge in [0.1, 0.15) is 5.01 Å². The van der Waals surface area contributed by atoms with Crippen LogP contribution in [0.2, 0.25) is 0 Å². The van der Waals surface area contributed by atoms with Crippen LogP contribution in [0.15, 0.2) is 41.0 Å². The number of benzene rings is 1. The lowest BCUT2D eigenvalue weighted by Crippen LogP contribution is -2.15. The molecule has 3 rings (SSSR count). The molecule has 0 bridgehead atoms. The van der Waals surface area contributed by atoms with Crippen LogP contribution in [0.4, 0.5) is 10.8 Å². The van der Waals surface area contributed by atoms with Crippen molar-refractivity contribution in [1.29, 1.82) is 0 Å². The minimum Gasteiger partial charge on any atom is -0.459 e. The number of anilines is 2. The van der Waals surface area contributed by atoms with Crippen LogP contribution in [0.1, 0.15) is 44.8 Å². The van der Waals surface area contributed by atoms with Crippen molar-refractivity contribution in [2.45, 2.75) is 26.7 Å². The van der Waals surface area contributed by atoms with Crippen molar-refractivity contribution in [3.63, 3.8) is 0 Å². The first-order chi connectivity index (χ1) is 12.6. The van der Waals surface area contributed by atoms with Crippen molar-refractivity contribution in [3.05, 3.63) is 58.5 Å². The standard InChI is InChI=1S/C18H18N4O3S/c1-3-5-15-21-22-18(26-15)20-16(23)12-8-7-11(2)13(10-12)19-17(24)14-6-4-9-25-14/h4,6-10H,3,5H2,1-2H3,(H,19,24)(H,20,22,23). The van der Waals surface area contributed by atoms with Gasteiger partial charge in [-0.05, 0) is 43.2 Å². The summed E-state index contributed by atoms with van der Waals surface area (Å²) in [5.41, 5.74) is 1.79. The maximum absolute atomic E-state index is 12.5. The van der Waals surface area contributed by atoms with E-state index in [1.807, 2.05) is 6.92 Å². The minimum atomic E-state index is -0.371. The van der Waals surface area contributed by atoms with Gasteiger partial charge in [-0.25, -0.2) is 0 Å². The molecule has 2 heterocycles. The zero-order chi connectivity index (χ0) is 18.5. The Balaban J connectivity index is 1.73. The molecule has 0 spiro atoms. The van der Waals surface area contributed by atoms with Gasteiger partial charge in [-0.15, -0.1) is 10.2 Å². The highest BCUT2D eigenvalue weighted by molar-refractivity contribution is 7.15. The van der Waals surface area contributed by atoms with Gasteiger partial charge in [0.2, 0.25) is 5.13 Å². The number of nitrogens with one attached hydrogen (secondary N) is 2. The molecule has 0 aliphatic heterocycles. The van der Waals surface area contributed by atoms with Crippen LogP contribution in [0.3, 0.4) is 0 Å². The van der Waals surface area contributed by atoms with E-state index < -0.39 is 0 Å². The SMILES string of the molecule is CCCc1nnc(NC(=O)c2ccc(C)c(NC(=O)c3ccco3)c2)s1. The normalized spacial score (nSPS) is 10.5. The highest BCUT2D eigenvalue weighted by Crippen LogP contribution is 2.21. The Hall–Kier alpha value is -3.00. The van der Waals surface area contributed by atoms with Gasteiger partial charge in [-0.1, -0.05) is 24.3 Å². The molecule has 3 aromatic rings. The lowest BCUT2D eigenvalue weighted by molar-refractivity contribution is 0.0993. The Kier molecular flexibility index (Phi) is 5.43.